The van der Waals surface area contributed by atoms with Gasteiger partial charge in [0.25, 0.3) is 0 Å². The highest BCUT2D eigenvalue weighted by atomic mass is 16.5. The molecule has 1 aliphatic rings. The monoisotopic (exact) mass is 208 g/mol. The van der Waals surface area contributed by atoms with Crippen LogP contribution >= 0.6 is 0 Å². The van der Waals surface area contributed by atoms with E-state index in [1.807, 2.05) is 0 Å². The lowest BCUT2D eigenvalue weighted by Gasteiger charge is -2.00. The van der Waals surface area contributed by atoms with Crippen LogP contribution in [0.1, 0.15) is 56.4 Å². The van der Waals surface area contributed by atoms with Gasteiger partial charge in [-0.3, -0.25) is 0 Å². The lowest BCUT2D eigenvalue weighted by Crippen LogP contribution is -2.13. The molecule has 2 rings (SSSR count). The van der Waals surface area contributed by atoms with Crippen LogP contribution in [0, 0.1) is 0 Å². The molecule has 1 aliphatic carbocycles. The largest absolute Gasteiger partial charge is 0.361 e. The number of nitrogens with one attached hydrogen (secondary N) is 1. The number of hydrogen-bond acceptors (Lipinski definition) is 3. The topological polar surface area (TPSA) is 38.1 Å². The van der Waals surface area contributed by atoms with Crippen molar-refractivity contribution < 1.29 is 4.52 Å². The zero-order chi connectivity index (χ0) is 10.5. The van der Waals surface area contributed by atoms with Crippen molar-refractivity contribution in [1.29, 1.82) is 0 Å². The molecule has 3 nitrogen and oxygen atoms in total. The molecule has 1 aromatic heterocycles. The number of nitrogens with zero attached hydrogens (tertiary/aromatic N) is 1. The number of rotatable bonds is 5. The summed E-state index contributed by atoms with van der Waals surface area (Å²) in [4.78, 5) is 0. The smallest absolute Gasteiger partial charge is 0.140 e. The van der Waals surface area contributed by atoms with Crippen LogP contribution in [0.25, 0.3) is 0 Å². The van der Waals surface area contributed by atoms with E-state index in [-0.39, 0.29) is 0 Å². The van der Waals surface area contributed by atoms with Crippen molar-refractivity contribution in [1.82, 2.24) is 10.5 Å². The molecular weight excluding hydrogens is 188 g/mol. The first-order chi connectivity index (χ1) is 7.40. The summed E-state index contributed by atoms with van der Waals surface area (Å²) in [6.07, 6.45) is 6.39. The van der Waals surface area contributed by atoms with Gasteiger partial charge in [-0.15, -0.1) is 0 Å². The molecule has 1 saturated carbocycles. The Labute approximate surface area is 91.2 Å². The summed E-state index contributed by atoms with van der Waals surface area (Å²) in [6, 6.07) is 2.12. The minimum absolute atomic E-state index is 0.637. The fourth-order valence-corrected chi connectivity index (χ4v) is 2.21. The van der Waals surface area contributed by atoms with Gasteiger partial charge in [0.05, 0.1) is 5.69 Å². The van der Waals surface area contributed by atoms with Crippen LogP contribution in [0.4, 0.5) is 0 Å². The molecule has 0 aromatic carbocycles. The summed E-state index contributed by atoms with van der Waals surface area (Å²) < 4.78 is 5.39. The Morgan fingerprint density at radius 3 is 3.00 bits per heavy atom. The second kappa shape index (κ2) is 5.31. The van der Waals surface area contributed by atoms with Crippen LogP contribution in [-0.2, 0) is 6.54 Å². The molecule has 1 heterocycles. The van der Waals surface area contributed by atoms with E-state index in [0.29, 0.717) is 5.92 Å². The van der Waals surface area contributed by atoms with Crippen molar-refractivity contribution in [3.63, 3.8) is 0 Å². The molecule has 3 heteroatoms. The predicted octanol–water partition coefficient (Wildman–Crippen LogP) is 2.83. The maximum absolute atomic E-state index is 5.39. The molecule has 1 fully saturated rings. The van der Waals surface area contributed by atoms with Gasteiger partial charge in [-0.1, -0.05) is 24.9 Å². The zero-order valence-electron chi connectivity index (χ0n) is 9.46. The van der Waals surface area contributed by atoms with Crippen molar-refractivity contribution >= 4 is 0 Å². The first-order valence-electron chi connectivity index (χ1n) is 6.06. The van der Waals surface area contributed by atoms with E-state index < -0.39 is 0 Å². The highest BCUT2D eigenvalue weighted by Crippen LogP contribution is 2.34. The third kappa shape index (κ3) is 2.81. The summed E-state index contributed by atoms with van der Waals surface area (Å²) in [6.45, 7) is 4.05. The molecule has 0 unspecified atom stereocenters. The first kappa shape index (κ1) is 10.7. The SMILES string of the molecule is CCCNCc1cc(C2CCCC2)on1. The highest BCUT2D eigenvalue weighted by molar-refractivity contribution is 5.10. The van der Waals surface area contributed by atoms with Crippen LogP contribution in [0.2, 0.25) is 0 Å². The second-order valence-corrected chi connectivity index (χ2v) is 4.38. The Morgan fingerprint density at radius 2 is 2.27 bits per heavy atom. The Hall–Kier alpha value is -0.830. The van der Waals surface area contributed by atoms with Crippen LogP contribution in [0.15, 0.2) is 10.6 Å². The molecule has 84 valence electrons. The first-order valence-corrected chi connectivity index (χ1v) is 6.06. The molecule has 0 aliphatic heterocycles. The number of hydrogen-bond donors (Lipinski definition) is 1. The van der Waals surface area contributed by atoms with Crippen molar-refractivity contribution in [2.24, 2.45) is 0 Å². The van der Waals surface area contributed by atoms with Crippen molar-refractivity contribution in [2.75, 3.05) is 6.54 Å². The van der Waals surface area contributed by atoms with E-state index >= 15 is 0 Å². The summed E-state index contributed by atoms with van der Waals surface area (Å²) in [5.41, 5.74) is 1.05. The standard InChI is InChI=1S/C12H20N2O/c1-2-7-13-9-11-8-12(15-14-11)10-5-3-4-6-10/h8,10,13H,2-7,9H2,1H3. The van der Waals surface area contributed by atoms with E-state index in [0.717, 1.165) is 31.0 Å². The van der Waals surface area contributed by atoms with Crippen LogP contribution in [-0.4, -0.2) is 11.7 Å². The molecule has 0 atom stereocenters. The van der Waals surface area contributed by atoms with Gasteiger partial charge in [-0.05, 0) is 25.8 Å². The Bertz CT molecular complexity index is 290. The molecular formula is C12H20N2O. The van der Waals surface area contributed by atoms with E-state index in [1.165, 1.54) is 25.7 Å². The lowest BCUT2D eigenvalue weighted by atomic mass is 10.1. The summed E-state index contributed by atoms with van der Waals surface area (Å²) in [5.74, 6) is 1.73. The molecule has 1 aromatic rings. The second-order valence-electron chi connectivity index (χ2n) is 4.38. The third-order valence-corrected chi connectivity index (χ3v) is 3.07. The van der Waals surface area contributed by atoms with E-state index in [4.69, 9.17) is 4.52 Å². The summed E-state index contributed by atoms with van der Waals surface area (Å²) in [5, 5.41) is 7.43. The fraction of sp³-hybridized carbons (Fsp3) is 0.750. The average Bonchev–Trinajstić information content (AvgIpc) is 2.87. The minimum atomic E-state index is 0.637. The van der Waals surface area contributed by atoms with E-state index in [1.54, 1.807) is 0 Å². The molecule has 15 heavy (non-hydrogen) atoms. The van der Waals surface area contributed by atoms with E-state index in [2.05, 4.69) is 23.5 Å². The molecule has 0 radical (unpaired) electrons. The van der Waals surface area contributed by atoms with Gasteiger partial charge in [-0.2, -0.15) is 0 Å². The van der Waals surface area contributed by atoms with Crippen LogP contribution < -0.4 is 5.32 Å². The predicted molar refractivity (Wildman–Crippen MR) is 59.7 cm³/mol. The maximum atomic E-state index is 5.39. The van der Waals surface area contributed by atoms with Gasteiger partial charge >= 0.3 is 0 Å². The Kier molecular flexibility index (Phi) is 3.78. The third-order valence-electron chi connectivity index (χ3n) is 3.07. The maximum Gasteiger partial charge on any atom is 0.140 e. The van der Waals surface area contributed by atoms with Crippen molar-refractivity contribution in [2.45, 2.75) is 51.5 Å². The fourth-order valence-electron chi connectivity index (χ4n) is 2.21. The van der Waals surface area contributed by atoms with E-state index in [9.17, 15) is 0 Å². The van der Waals surface area contributed by atoms with Gasteiger partial charge in [0, 0.05) is 18.5 Å². The van der Waals surface area contributed by atoms with Gasteiger partial charge in [0.2, 0.25) is 0 Å². The molecule has 0 bridgehead atoms. The molecule has 0 spiro atoms. The van der Waals surface area contributed by atoms with Gasteiger partial charge < -0.3 is 9.84 Å². The summed E-state index contributed by atoms with van der Waals surface area (Å²) in [7, 11) is 0. The van der Waals surface area contributed by atoms with Crippen molar-refractivity contribution in [3.8, 4) is 0 Å². The molecule has 0 saturated heterocycles. The highest BCUT2D eigenvalue weighted by Gasteiger charge is 2.21. The van der Waals surface area contributed by atoms with Gasteiger partial charge in [0.1, 0.15) is 5.76 Å². The molecule has 0 amide bonds. The van der Waals surface area contributed by atoms with Gasteiger partial charge in [-0.25, -0.2) is 0 Å². The Balaban J connectivity index is 1.86. The number of aromatic nitrogens is 1. The van der Waals surface area contributed by atoms with Crippen LogP contribution in [0.3, 0.4) is 0 Å². The summed E-state index contributed by atoms with van der Waals surface area (Å²) >= 11 is 0. The normalized spacial score (nSPS) is 17.4. The molecule has 1 N–H and O–H groups in total. The lowest BCUT2D eigenvalue weighted by molar-refractivity contribution is 0.354. The quantitative estimate of drug-likeness (QED) is 0.756. The van der Waals surface area contributed by atoms with Crippen molar-refractivity contribution in [3.05, 3.63) is 17.5 Å². The van der Waals surface area contributed by atoms with Gasteiger partial charge in [0.15, 0.2) is 0 Å². The average molecular weight is 208 g/mol. The minimum Gasteiger partial charge on any atom is -0.361 e. The Morgan fingerprint density at radius 1 is 1.47 bits per heavy atom. The van der Waals surface area contributed by atoms with Crippen LogP contribution in [0.5, 0.6) is 0 Å². The zero-order valence-corrected chi connectivity index (χ0v) is 9.46.